The molecule has 0 saturated carbocycles. The molecule has 0 unspecified atom stereocenters. The highest BCUT2D eigenvalue weighted by atomic mass is 16.6. The Morgan fingerprint density at radius 1 is 1.42 bits per heavy atom. The number of nitro benzene ring substituents is 1. The molecule has 1 N–H and O–H groups in total. The molecule has 0 fully saturated rings. The molecule has 1 aromatic rings. The van der Waals surface area contributed by atoms with Gasteiger partial charge < -0.3 is 14.7 Å². The Morgan fingerprint density at radius 3 is 2.68 bits per heavy atom. The zero-order valence-electron chi connectivity index (χ0n) is 11.3. The third kappa shape index (κ3) is 3.82. The number of nitrogens with zero attached hydrogens (tertiary/aromatic N) is 2. The van der Waals surface area contributed by atoms with Gasteiger partial charge in [-0.25, -0.2) is 0 Å². The molecule has 6 heteroatoms. The first kappa shape index (κ1) is 15.2. The van der Waals surface area contributed by atoms with Gasteiger partial charge in [0.2, 0.25) is 0 Å². The Hall–Kier alpha value is -1.82. The molecule has 1 rings (SSSR count). The van der Waals surface area contributed by atoms with Gasteiger partial charge in [-0.1, -0.05) is 19.4 Å². The number of aliphatic hydroxyl groups is 1. The highest BCUT2D eigenvalue weighted by Crippen LogP contribution is 2.36. The van der Waals surface area contributed by atoms with Crippen molar-refractivity contribution in [3.8, 4) is 5.75 Å². The molecule has 1 aromatic carbocycles. The van der Waals surface area contributed by atoms with Crippen LogP contribution < -0.4 is 9.64 Å². The SMILES string of the molecule is CCCCN(CCO)c1cccc(OC)c1[N+](=O)[O-]. The van der Waals surface area contributed by atoms with Gasteiger partial charge in [0.15, 0.2) is 5.75 Å². The highest BCUT2D eigenvalue weighted by molar-refractivity contribution is 5.69. The average molecular weight is 268 g/mol. The largest absolute Gasteiger partial charge is 0.490 e. The molecule has 0 spiro atoms. The lowest BCUT2D eigenvalue weighted by molar-refractivity contribution is -0.385. The fraction of sp³-hybridized carbons (Fsp3) is 0.538. The van der Waals surface area contributed by atoms with E-state index >= 15 is 0 Å². The van der Waals surface area contributed by atoms with Gasteiger partial charge in [0.25, 0.3) is 0 Å². The predicted molar refractivity (Wildman–Crippen MR) is 73.9 cm³/mol. The second kappa shape index (κ2) is 7.58. The first-order valence-corrected chi connectivity index (χ1v) is 6.32. The zero-order valence-corrected chi connectivity index (χ0v) is 11.3. The second-order valence-electron chi connectivity index (χ2n) is 4.15. The standard InChI is InChI=1S/C13H20N2O4/c1-3-4-8-14(9-10-16)11-6-5-7-12(19-2)13(11)15(17)18/h5-7,16H,3-4,8-10H2,1-2H3. The fourth-order valence-electron chi connectivity index (χ4n) is 1.94. The number of benzene rings is 1. The van der Waals surface area contributed by atoms with Crippen LogP contribution >= 0.6 is 0 Å². The van der Waals surface area contributed by atoms with Crippen molar-refractivity contribution in [1.82, 2.24) is 0 Å². The quantitative estimate of drug-likeness (QED) is 0.578. The van der Waals surface area contributed by atoms with E-state index in [9.17, 15) is 10.1 Å². The number of unbranched alkanes of at least 4 members (excludes halogenated alkanes) is 1. The Morgan fingerprint density at radius 2 is 2.16 bits per heavy atom. The molecule has 0 atom stereocenters. The normalized spacial score (nSPS) is 10.3. The molecule has 0 aliphatic heterocycles. The third-order valence-electron chi connectivity index (χ3n) is 2.87. The number of hydrogen-bond acceptors (Lipinski definition) is 5. The maximum atomic E-state index is 11.2. The van der Waals surface area contributed by atoms with Gasteiger partial charge in [0.05, 0.1) is 18.6 Å². The van der Waals surface area contributed by atoms with Crippen LogP contribution in [0.15, 0.2) is 18.2 Å². The van der Waals surface area contributed by atoms with Crippen LogP contribution in [0.1, 0.15) is 19.8 Å². The van der Waals surface area contributed by atoms with Crippen molar-refractivity contribution in [2.45, 2.75) is 19.8 Å². The first-order valence-electron chi connectivity index (χ1n) is 6.32. The topological polar surface area (TPSA) is 75.8 Å². The molecule has 0 heterocycles. The summed E-state index contributed by atoms with van der Waals surface area (Å²) in [5, 5.41) is 20.3. The summed E-state index contributed by atoms with van der Waals surface area (Å²) in [4.78, 5) is 12.6. The maximum absolute atomic E-state index is 11.2. The lowest BCUT2D eigenvalue weighted by Gasteiger charge is -2.23. The molecule has 0 bridgehead atoms. The molecular weight excluding hydrogens is 248 g/mol. The third-order valence-corrected chi connectivity index (χ3v) is 2.87. The smallest absolute Gasteiger partial charge is 0.333 e. The molecule has 0 aliphatic rings. The molecule has 0 radical (unpaired) electrons. The first-order chi connectivity index (χ1) is 9.15. The van der Waals surface area contributed by atoms with Crippen molar-refractivity contribution in [3.63, 3.8) is 0 Å². The molecule has 19 heavy (non-hydrogen) atoms. The van der Waals surface area contributed by atoms with Crippen molar-refractivity contribution in [1.29, 1.82) is 0 Å². The van der Waals surface area contributed by atoms with Gasteiger partial charge >= 0.3 is 5.69 Å². The summed E-state index contributed by atoms with van der Waals surface area (Å²) in [6.07, 6.45) is 1.90. The summed E-state index contributed by atoms with van der Waals surface area (Å²) in [7, 11) is 1.41. The Bertz CT molecular complexity index is 423. The van der Waals surface area contributed by atoms with E-state index < -0.39 is 4.92 Å². The number of nitro groups is 1. The molecule has 0 aromatic heterocycles. The highest BCUT2D eigenvalue weighted by Gasteiger charge is 2.24. The van der Waals surface area contributed by atoms with Gasteiger partial charge in [0, 0.05) is 13.1 Å². The Labute approximate surface area is 112 Å². The van der Waals surface area contributed by atoms with Crippen LogP contribution in [0.2, 0.25) is 0 Å². The minimum Gasteiger partial charge on any atom is -0.490 e. The van der Waals surface area contributed by atoms with Crippen molar-refractivity contribution in [2.75, 3.05) is 31.7 Å². The lowest BCUT2D eigenvalue weighted by atomic mass is 10.2. The maximum Gasteiger partial charge on any atom is 0.333 e. The number of methoxy groups -OCH3 is 1. The van der Waals surface area contributed by atoms with E-state index in [0.717, 1.165) is 12.8 Å². The van der Waals surface area contributed by atoms with Gasteiger partial charge in [-0.15, -0.1) is 0 Å². The van der Waals surface area contributed by atoms with Crippen LogP contribution in [0, 0.1) is 10.1 Å². The predicted octanol–water partition coefficient (Wildman–Crippen LogP) is 2.20. The number of anilines is 1. The van der Waals surface area contributed by atoms with Crippen LogP contribution in [-0.4, -0.2) is 36.8 Å². The van der Waals surface area contributed by atoms with E-state index in [1.54, 1.807) is 18.2 Å². The van der Waals surface area contributed by atoms with Gasteiger partial charge in [-0.2, -0.15) is 0 Å². The van der Waals surface area contributed by atoms with E-state index in [1.165, 1.54) is 7.11 Å². The van der Waals surface area contributed by atoms with Crippen LogP contribution in [0.4, 0.5) is 11.4 Å². The molecular formula is C13H20N2O4. The summed E-state index contributed by atoms with van der Waals surface area (Å²) in [6.45, 7) is 3.05. The van der Waals surface area contributed by atoms with E-state index in [2.05, 4.69) is 6.92 Å². The number of ether oxygens (including phenoxy) is 1. The van der Waals surface area contributed by atoms with Crippen molar-refractivity contribution < 1.29 is 14.8 Å². The van der Waals surface area contributed by atoms with E-state index in [-0.39, 0.29) is 18.0 Å². The minimum atomic E-state index is -0.440. The van der Waals surface area contributed by atoms with Crippen LogP contribution in [-0.2, 0) is 0 Å². The summed E-state index contributed by atoms with van der Waals surface area (Å²) >= 11 is 0. The Kier molecular flexibility index (Phi) is 6.08. The van der Waals surface area contributed by atoms with E-state index in [1.807, 2.05) is 4.90 Å². The van der Waals surface area contributed by atoms with Crippen LogP contribution in [0.25, 0.3) is 0 Å². The zero-order chi connectivity index (χ0) is 14.3. The fourth-order valence-corrected chi connectivity index (χ4v) is 1.94. The molecule has 0 amide bonds. The molecule has 6 nitrogen and oxygen atoms in total. The monoisotopic (exact) mass is 268 g/mol. The molecule has 106 valence electrons. The van der Waals surface area contributed by atoms with E-state index in [0.29, 0.717) is 18.8 Å². The number of hydrogen-bond donors (Lipinski definition) is 1. The lowest BCUT2D eigenvalue weighted by Crippen LogP contribution is -2.28. The molecule has 0 saturated heterocycles. The summed E-state index contributed by atoms with van der Waals surface area (Å²) in [5.41, 5.74) is 0.446. The van der Waals surface area contributed by atoms with Crippen LogP contribution in [0.3, 0.4) is 0 Å². The molecule has 0 aliphatic carbocycles. The van der Waals surface area contributed by atoms with Crippen LogP contribution in [0.5, 0.6) is 5.75 Å². The van der Waals surface area contributed by atoms with Gasteiger partial charge in [0.1, 0.15) is 5.69 Å². The summed E-state index contributed by atoms with van der Waals surface area (Å²) in [6, 6.07) is 4.97. The minimum absolute atomic E-state index is 0.0436. The Balaban J connectivity index is 3.16. The summed E-state index contributed by atoms with van der Waals surface area (Å²) in [5.74, 6) is 0.238. The number of para-hydroxylation sites is 1. The second-order valence-corrected chi connectivity index (χ2v) is 4.15. The van der Waals surface area contributed by atoms with Gasteiger partial charge in [-0.05, 0) is 18.6 Å². The number of aliphatic hydroxyl groups excluding tert-OH is 1. The van der Waals surface area contributed by atoms with Crippen molar-refractivity contribution in [2.24, 2.45) is 0 Å². The average Bonchev–Trinajstić information content (AvgIpc) is 2.42. The van der Waals surface area contributed by atoms with E-state index in [4.69, 9.17) is 9.84 Å². The van der Waals surface area contributed by atoms with Crippen molar-refractivity contribution >= 4 is 11.4 Å². The van der Waals surface area contributed by atoms with Crippen molar-refractivity contribution in [3.05, 3.63) is 28.3 Å². The summed E-state index contributed by atoms with van der Waals surface area (Å²) < 4.78 is 5.05. The van der Waals surface area contributed by atoms with Gasteiger partial charge in [-0.3, -0.25) is 10.1 Å². The number of rotatable bonds is 8.